The van der Waals surface area contributed by atoms with Crippen LogP contribution in [-0.4, -0.2) is 59.6 Å². The molecule has 0 aliphatic carbocycles. The van der Waals surface area contributed by atoms with Crippen molar-refractivity contribution < 1.29 is 23.4 Å². The highest BCUT2D eigenvalue weighted by atomic mass is 32.2. The fourth-order valence-corrected chi connectivity index (χ4v) is 4.97. The van der Waals surface area contributed by atoms with E-state index in [0.717, 1.165) is 22.8 Å². The highest BCUT2D eigenvalue weighted by molar-refractivity contribution is 7.89. The van der Waals surface area contributed by atoms with Gasteiger partial charge in [0.2, 0.25) is 10.0 Å². The number of rotatable bonds is 10. The summed E-state index contributed by atoms with van der Waals surface area (Å²) in [4.78, 5) is 11.5. The number of carbonyl (C=O) groups is 1. The third kappa shape index (κ3) is 4.79. The molecule has 0 fully saturated rings. The second kappa shape index (κ2) is 9.53. The molecule has 0 aliphatic heterocycles. The maximum atomic E-state index is 13.1. The SMILES string of the molecule is Cc1ccc(S(=O)(=O)N(CCCO)C[C@H](O)Cn2cc(C=O)c3ccccc32)cc1. The first-order valence-electron chi connectivity index (χ1n) is 9.75. The van der Waals surface area contributed by atoms with Gasteiger partial charge < -0.3 is 14.8 Å². The summed E-state index contributed by atoms with van der Waals surface area (Å²) in [7, 11) is -3.82. The van der Waals surface area contributed by atoms with Crippen molar-refractivity contribution in [1.82, 2.24) is 8.87 Å². The van der Waals surface area contributed by atoms with Gasteiger partial charge in [-0.05, 0) is 31.5 Å². The van der Waals surface area contributed by atoms with Crippen LogP contribution in [0.15, 0.2) is 59.6 Å². The molecule has 1 atom stereocenters. The standard InChI is InChI=1S/C22H26N2O5S/c1-17-7-9-20(10-8-17)30(28,29)24(11-4-12-25)15-19(27)14-23-13-18(16-26)21-5-2-3-6-22(21)23/h2-3,5-10,13,16,19,25,27H,4,11-12,14-15H2,1H3/t19-/m1/s1. The fraction of sp³-hybridized carbons (Fsp3) is 0.318. The van der Waals surface area contributed by atoms with Crippen LogP contribution in [0.1, 0.15) is 22.3 Å². The van der Waals surface area contributed by atoms with Crippen LogP contribution >= 0.6 is 0 Å². The minimum absolute atomic E-state index is 0.0930. The second-order valence-corrected chi connectivity index (χ2v) is 9.22. The number of hydrogen-bond donors (Lipinski definition) is 2. The molecule has 0 aliphatic rings. The van der Waals surface area contributed by atoms with Gasteiger partial charge in [-0.25, -0.2) is 8.42 Å². The molecule has 0 amide bonds. The van der Waals surface area contributed by atoms with Crippen molar-refractivity contribution in [2.75, 3.05) is 19.7 Å². The van der Waals surface area contributed by atoms with Crippen molar-refractivity contribution in [2.45, 2.75) is 30.9 Å². The highest BCUT2D eigenvalue weighted by Gasteiger charge is 2.26. The quantitative estimate of drug-likeness (QED) is 0.481. The van der Waals surface area contributed by atoms with E-state index in [0.29, 0.717) is 5.56 Å². The Kier molecular flexibility index (Phi) is 7.04. The summed E-state index contributed by atoms with van der Waals surface area (Å²) in [5.74, 6) is 0. The number of aldehydes is 1. The largest absolute Gasteiger partial charge is 0.396 e. The van der Waals surface area contributed by atoms with Gasteiger partial charge in [0.15, 0.2) is 6.29 Å². The zero-order chi connectivity index (χ0) is 21.7. The Morgan fingerprint density at radius 1 is 1.13 bits per heavy atom. The fourth-order valence-electron chi connectivity index (χ4n) is 3.46. The van der Waals surface area contributed by atoms with E-state index < -0.39 is 16.1 Å². The summed E-state index contributed by atoms with van der Waals surface area (Å²) < 4.78 is 29.1. The molecule has 1 heterocycles. The van der Waals surface area contributed by atoms with Gasteiger partial charge in [-0.15, -0.1) is 0 Å². The molecule has 7 nitrogen and oxygen atoms in total. The smallest absolute Gasteiger partial charge is 0.243 e. The molecule has 0 saturated carbocycles. The van der Waals surface area contributed by atoms with Gasteiger partial charge in [-0.2, -0.15) is 4.31 Å². The molecule has 3 aromatic rings. The van der Waals surface area contributed by atoms with Gasteiger partial charge >= 0.3 is 0 Å². The van der Waals surface area contributed by atoms with Crippen LogP contribution in [0.5, 0.6) is 0 Å². The molecular formula is C22H26N2O5S. The second-order valence-electron chi connectivity index (χ2n) is 7.28. The lowest BCUT2D eigenvalue weighted by molar-refractivity contribution is 0.112. The van der Waals surface area contributed by atoms with Gasteiger partial charge in [0.25, 0.3) is 0 Å². The number of sulfonamides is 1. The summed E-state index contributed by atoms with van der Waals surface area (Å²) in [6, 6.07) is 13.9. The van der Waals surface area contributed by atoms with Crippen molar-refractivity contribution in [3.63, 3.8) is 0 Å². The molecule has 1 aromatic heterocycles. The average Bonchev–Trinajstić information content (AvgIpc) is 3.09. The Balaban J connectivity index is 1.83. The van der Waals surface area contributed by atoms with E-state index in [1.54, 1.807) is 35.0 Å². The van der Waals surface area contributed by atoms with E-state index in [1.807, 2.05) is 31.2 Å². The normalized spacial score (nSPS) is 13.1. The van der Waals surface area contributed by atoms with Crippen LogP contribution in [0.3, 0.4) is 0 Å². The minimum atomic E-state index is -3.82. The number of carbonyl (C=O) groups excluding carboxylic acids is 1. The topological polar surface area (TPSA) is 99.8 Å². The van der Waals surface area contributed by atoms with E-state index in [2.05, 4.69) is 0 Å². The highest BCUT2D eigenvalue weighted by Crippen LogP contribution is 2.21. The van der Waals surface area contributed by atoms with E-state index in [-0.39, 0.29) is 37.6 Å². The van der Waals surface area contributed by atoms with E-state index in [9.17, 15) is 23.4 Å². The van der Waals surface area contributed by atoms with E-state index in [1.165, 1.54) is 4.31 Å². The summed E-state index contributed by atoms with van der Waals surface area (Å²) in [6.45, 7) is 1.82. The summed E-state index contributed by atoms with van der Waals surface area (Å²) >= 11 is 0. The maximum absolute atomic E-state index is 13.1. The third-order valence-corrected chi connectivity index (χ3v) is 6.87. The van der Waals surface area contributed by atoms with Crippen LogP contribution in [0, 0.1) is 6.92 Å². The zero-order valence-corrected chi connectivity index (χ0v) is 17.6. The predicted octanol–water partition coefficient (Wildman–Crippen LogP) is 2.20. The lowest BCUT2D eigenvalue weighted by Crippen LogP contribution is -2.39. The molecular weight excluding hydrogens is 404 g/mol. The molecule has 160 valence electrons. The molecule has 0 bridgehead atoms. The molecule has 0 saturated heterocycles. The van der Waals surface area contributed by atoms with Crippen LogP contribution in [0.25, 0.3) is 10.9 Å². The van der Waals surface area contributed by atoms with Crippen molar-refractivity contribution in [3.05, 3.63) is 65.9 Å². The lowest BCUT2D eigenvalue weighted by Gasteiger charge is -2.25. The van der Waals surface area contributed by atoms with Crippen LogP contribution in [0.2, 0.25) is 0 Å². The van der Waals surface area contributed by atoms with Gasteiger partial charge in [-0.1, -0.05) is 35.9 Å². The zero-order valence-electron chi connectivity index (χ0n) is 16.8. The monoisotopic (exact) mass is 430 g/mol. The number of hydrogen-bond acceptors (Lipinski definition) is 5. The number of aliphatic hydroxyl groups is 2. The first kappa shape index (κ1) is 22.2. The average molecular weight is 431 g/mol. The Hall–Kier alpha value is -2.52. The Bertz CT molecular complexity index is 1110. The number of aliphatic hydroxyl groups excluding tert-OH is 2. The number of aryl methyl sites for hydroxylation is 1. The Morgan fingerprint density at radius 3 is 2.50 bits per heavy atom. The van der Waals surface area contributed by atoms with Crippen molar-refractivity contribution in [1.29, 1.82) is 0 Å². The van der Waals surface area contributed by atoms with Gasteiger partial charge in [-0.3, -0.25) is 4.79 Å². The number of nitrogens with zero attached hydrogens (tertiary/aromatic N) is 2. The van der Waals surface area contributed by atoms with Gasteiger partial charge in [0, 0.05) is 48.9 Å². The minimum Gasteiger partial charge on any atom is -0.396 e. The Labute approximate surface area is 176 Å². The maximum Gasteiger partial charge on any atom is 0.243 e. The molecule has 0 radical (unpaired) electrons. The van der Waals surface area contributed by atoms with Crippen molar-refractivity contribution in [3.8, 4) is 0 Å². The van der Waals surface area contributed by atoms with E-state index in [4.69, 9.17) is 0 Å². The Morgan fingerprint density at radius 2 is 1.83 bits per heavy atom. The first-order chi connectivity index (χ1) is 14.4. The predicted molar refractivity (Wildman–Crippen MR) is 115 cm³/mol. The molecule has 2 N–H and O–H groups in total. The summed E-state index contributed by atoms with van der Waals surface area (Å²) in [5.41, 5.74) is 2.26. The van der Waals surface area contributed by atoms with Crippen LogP contribution < -0.4 is 0 Å². The number of para-hydroxylation sites is 1. The number of aromatic nitrogens is 1. The molecule has 2 aromatic carbocycles. The van der Waals surface area contributed by atoms with Gasteiger partial charge in [0.05, 0.1) is 11.0 Å². The van der Waals surface area contributed by atoms with Crippen LogP contribution in [-0.2, 0) is 16.6 Å². The molecule has 0 unspecified atom stereocenters. The van der Waals surface area contributed by atoms with Crippen molar-refractivity contribution >= 4 is 27.2 Å². The van der Waals surface area contributed by atoms with E-state index >= 15 is 0 Å². The third-order valence-electron chi connectivity index (χ3n) is 4.99. The molecule has 8 heteroatoms. The lowest BCUT2D eigenvalue weighted by atomic mass is 10.2. The first-order valence-corrected chi connectivity index (χ1v) is 11.2. The van der Waals surface area contributed by atoms with Gasteiger partial charge in [0.1, 0.15) is 0 Å². The number of benzene rings is 2. The molecule has 30 heavy (non-hydrogen) atoms. The number of fused-ring (bicyclic) bond motifs is 1. The van der Waals surface area contributed by atoms with Crippen molar-refractivity contribution in [2.24, 2.45) is 0 Å². The molecule has 0 spiro atoms. The molecule has 3 rings (SSSR count). The summed E-state index contributed by atoms with van der Waals surface area (Å²) in [5, 5.41) is 20.7. The summed E-state index contributed by atoms with van der Waals surface area (Å²) in [6.07, 6.45) is 1.69. The van der Waals surface area contributed by atoms with Crippen LogP contribution in [0.4, 0.5) is 0 Å².